The number of carbonyl (C=O) groups is 1. The molecule has 1 aromatic rings. The van der Waals surface area contributed by atoms with Gasteiger partial charge in [-0.1, -0.05) is 13.3 Å². The quantitative estimate of drug-likeness (QED) is 0.914. The van der Waals surface area contributed by atoms with Crippen molar-refractivity contribution in [3.63, 3.8) is 0 Å². The zero-order valence-corrected chi connectivity index (χ0v) is 13.8. The minimum absolute atomic E-state index is 0.0322. The highest BCUT2D eigenvalue weighted by atomic mass is 19.4. The van der Waals surface area contributed by atoms with E-state index >= 15 is 0 Å². The van der Waals surface area contributed by atoms with Gasteiger partial charge in [-0.3, -0.25) is 4.79 Å². The Bertz CT molecular complexity index is 641. The van der Waals surface area contributed by atoms with Gasteiger partial charge in [-0.05, 0) is 30.7 Å². The van der Waals surface area contributed by atoms with Crippen molar-refractivity contribution in [3.8, 4) is 0 Å². The monoisotopic (exact) mass is 343 g/mol. The fourth-order valence-corrected chi connectivity index (χ4v) is 2.50. The van der Waals surface area contributed by atoms with Crippen molar-refractivity contribution in [3.05, 3.63) is 29.8 Å². The van der Waals surface area contributed by atoms with Crippen LogP contribution < -0.4 is 4.90 Å². The topological polar surface area (TPSA) is 56.1 Å². The molecular formula is C16H20F3N3O2. The number of aliphatic hydroxyl groups is 1. The molecular weight excluding hydrogens is 323 g/mol. The first-order chi connectivity index (χ1) is 11.1. The van der Waals surface area contributed by atoms with Gasteiger partial charge in [0, 0.05) is 37.5 Å². The van der Waals surface area contributed by atoms with E-state index in [2.05, 4.69) is 5.10 Å². The molecule has 0 fully saturated rings. The Labute approximate surface area is 138 Å². The summed E-state index contributed by atoms with van der Waals surface area (Å²) >= 11 is 0. The first kappa shape index (κ1) is 18.3. The lowest BCUT2D eigenvalue weighted by molar-refractivity contribution is -0.297. The van der Waals surface area contributed by atoms with Crippen LogP contribution in [0.2, 0.25) is 0 Å². The van der Waals surface area contributed by atoms with Crippen LogP contribution >= 0.6 is 0 Å². The number of anilines is 1. The van der Waals surface area contributed by atoms with E-state index in [9.17, 15) is 23.1 Å². The molecule has 1 aliphatic heterocycles. The van der Waals surface area contributed by atoms with E-state index in [1.165, 1.54) is 12.1 Å². The van der Waals surface area contributed by atoms with Crippen LogP contribution in [-0.2, 0) is 0 Å². The van der Waals surface area contributed by atoms with Gasteiger partial charge in [0.1, 0.15) is 0 Å². The lowest BCUT2D eigenvalue weighted by Gasteiger charge is -2.32. The number of nitrogens with zero attached hydrogens (tertiary/aromatic N) is 3. The maximum Gasteiger partial charge on any atom is 0.438 e. The van der Waals surface area contributed by atoms with Gasteiger partial charge in [-0.15, -0.1) is 0 Å². The second-order valence-electron chi connectivity index (χ2n) is 5.97. The van der Waals surface area contributed by atoms with Crippen molar-refractivity contribution in [2.45, 2.75) is 38.1 Å². The Kier molecular flexibility index (Phi) is 4.89. The summed E-state index contributed by atoms with van der Waals surface area (Å²) in [6.07, 6.45) is -4.84. The van der Waals surface area contributed by atoms with Crippen molar-refractivity contribution in [2.75, 3.05) is 19.0 Å². The van der Waals surface area contributed by atoms with E-state index in [0.717, 1.165) is 5.69 Å². The van der Waals surface area contributed by atoms with Crippen LogP contribution in [0.1, 0.15) is 36.5 Å². The van der Waals surface area contributed by atoms with E-state index in [1.54, 1.807) is 38.1 Å². The van der Waals surface area contributed by atoms with E-state index in [-0.39, 0.29) is 16.3 Å². The number of alkyl halides is 3. The van der Waals surface area contributed by atoms with Crippen molar-refractivity contribution < 1.29 is 23.1 Å². The van der Waals surface area contributed by atoms with Crippen LogP contribution in [0.4, 0.5) is 18.9 Å². The molecule has 1 atom stereocenters. The highest BCUT2D eigenvalue weighted by Crippen LogP contribution is 2.41. The van der Waals surface area contributed by atoms with E-state index in [4.69, 9.17) is 0 Å². The first-order valence-corrected chi connectivity index (χ1v) is 7.57. The molecule has 0 saturated heterocycles. The smallest absolute Gasteiger partial charge is 0.378 e. The Hall–Kier alpha value is -2.09. The van der Waals surface area contributed by atoms with Gasteiger partial charge in [0.2, 0.25) is 0 Å². The summed E-state index contributed by atoms with van der Waals surface area (Å²) < 4.78 is 40.0. The predicted octanol–water partition coefficient (Wildman–Crippen LogP) is 3.01. The first-order valence-electron chi connectivity index (χ1n) is 7.57. The summed E-state index contributed by atoms with van der Waals surface area (Å²) in [5, 5.41) is 14.0. The Balaban J connectivity index is 2.36. The summed E-state index contributed by atoms with van der Waals surface area (Å²) in [7, 11) is 3.61. The highest BCUT2D eigenvalue weighted by Gasteiger charge is 2.63. The largest absolute Gasteiger partial charge is 0.438 e. The molecule has 0 bridgehead atoms. The zero-order chi connectivity index (χ0) is 18.1. The second kappa shape index (κ2) is 6.43. The van der Waals surface area contributed by atoms with Gasteiger partial charge in [0.25, 0.3) is 11.6 Å². The molecule has 1 amide bonds. The number of carbonyl (C=O) groups excluding carboxylic acids is 1. The Morgan fingerprint density at radius 2 is 1.92 bits per heavy atom. The predicted molar refractivity (Wildman–Crippen MR) is 84.9 cm³/mol. The van der Waals surface area contributed by atoms with E-state index in [1.807, 2.05) is 0 Å². The van der Waals surface area contributed by atoms with Crippen molar-refractivity contribution >= 4 is 17.3 Å². The van der Waals surface area contributed by atoms with Gasteiger partial charge in [0.15, 0.2) is 0 Å². The summed E-state index contributed by atoms with van der Waals surface area (Å²) in [5.74, 6) is -0.980. The number of halogens is 3. The standard InChI is InChI=1S/C16H20F3N3O2/c1-4-5-12-10-15(24,16(17,18)19)22(20-12)14(23)11-6-8-13(9-7-11)21(2)3/h6-9,24H,4-5,10H2,1-3H3/t15-/m1/s1. The average molecular weight is 343 g/mol. The van der Waals surface area contributed by atoms with Gasteiger partial charge in [-0.25, -0.2) is 0 Å². The van der Waals surface area contributed by atoms with Crippen LogP contribution in [0.25, 0.3) is 0 Å². The lowest BCUT2D eigenvalue weighted by Crippen LogP contribution is -2.56. The fourth-order valence-electron chi connectivity index (χ4n) is 2.50. The summed E-state index contributed by atoms with van der Waals surface area (Å²) in [6.45, 7) is 1.79. The highest BCUT2D eigenvalue weighted by molar-refractivity contribution is 5.98. The molecule has 5 nitrogen and oxygen atoms in total. The van der Waals surface area contributed by atoms with Gasteiger partial charge >= 0.3 is 6.18 Å². The lowest BCUT2D eigenvalue weighted by atomic mass is 10.0. The van der Waals surface area contributed by atoms with Gasteiger partial charge < -0.3 is 10.0 Å². The van der Waals surface area contributed by atoms with Crippen LogP contribution in [0.5, 0.6) is 0 Å². The maximum absolute atomic E-state index is 13.3. The molecule has 8 heteroatoms. The Morgan fingerprint density at radius 3 is 2.38 bits per heavy atom. The molecule has 0 unspecified atom stereocenters. The fraction of sp³-hybridized carbons (Fsp3) is 0.500. The molecule has 0 radical (unpaired) electrons. The minimum Gasteiger partial charge on any atom is -0.378 e. The third-order valence-corrected chi connectivity index (χ3v) is 3.86. The van der Waals surface area contributed by atoms with Crippen molar-refractivity contribution in [1.29, 1.82) is 0 Å². The molecule has 0 aliphatic carbocycles. The number of amides is 1. The normalized spacial score (nSPS) is 21.0. The van der Waals surface area contributed by atoms with E-state index < -0.39 is 24.2 Å². The number of hydrogen-bond donors (Lipinski definition) is 1. The molecule has 1 N–H and O–H groups in total. The summed E-state index contributed by atoms with van der Waals surface area (Å²) in [4.78, 5) is 14.3. The number of hydrogen-bond acceptors (Lipinski definition) is 4. The van der Waals surface area contributed by atoms with E-state index in [0.29, 0.717) is 12.8 Å². The molecule has 1 aliphatic rings. The van der Waals surface area contributed by atoms with Crippen molar-refractivity contribution in [1.82, 2.24) is 5.01 Å². The van der Waals surface area contributed by atoms with Gasteiger partial charge in [0.05, 0.1) is 0 Å². The maximum atomic E-state index is 13.3. The molecule has 1 aromatic carbocycles. The van der Waals surface area contributed by atoms with Crippen LogP contribution in [0.15, 0.2) is 29.4 Å². The summed E-state index contributed by atoms with van der Waals surface area (Å²) in [5.41, 5.74) is -2.30. The van der Waals surface area contributed by atoms with Crippen LogP contribution in [0.3, 0.4) is 0 Å². The molecule has 24 heavy (non-hydrogen) atoms. The number of rotatable bonds is 4. The number of hydrazone groups is 1. The minimum atomic E-state index is -4.99. The Morgan fingerprint density at radius 1 is 1.33 bits per heavy atom. The molecule has 0 spiro atoms. The number of benzene rings is 1. The molecule has 132 valence electrons. The zero-order valence-electron chi connectivity index (χ0n) is 13.8. The van der Waals surface area contributed by atoms with Crippen molar-refractivity contribution in [2.24, 2.45) is 5.10 Å². The van der Waals surface area contributed by atoms with Crippen LogP contribution in [0, 0.1) is 0 Å². The molecule has 2 rings (SSSR count). The molecule has 0 aromatic heterocycles. The SMILES string of the molecule is CCCC1=NN(C(=O)c2ccc(N(C)C)cc2)[C@](O)(C(F)(F)F)C1. The molecule has 1 heterocycles. The van der Waals surface area contributed by atoms with Gasteiger partial charge in [-0.2, -0.15) is 23.3 Å². The molecule has 0 saturated carbocycles. The summed E-state index contributed by atoms with van der Waals surface area (Å²) in [6, 6.07) is 6.07. The average Bonchev–Trinajstić information content (AvgIpc) is 2.85. The van der Waals surface area contributed by atoms with Crippen LogP contribution in [-0.4, -0.2) is 47.7 Å². The third kappa shape index (κ3) is 3.24. The second-order valence-corrected chi connectivity index (χ2v) is 5.97. The third-order valence-electron chi connectivity index (χ3n) is 3.86.